The molecule has 57 heavy (non-hydrogen) atoms. The van der Waals surface area contributed by atoms with Crippen LogP contribution in [-0.2, 0) is 0 Å². The Morgan fingerprint density at radius 2 is 1.14 bits per heavy atom. The van der Waals surface area contributed by atoms with Crippen molar-refractivity contribution in [1.82, 2.24) is 15.0 Å². The summed E-state index contributed by atoms with van der Waals surface area (Å²) in [6.45, 7) is 2.41. The lowest BCUT2D eigenvalue weighted by Crippen LogP contribution is -2.11. The normalized spacial score (nSPS) is 15.4. The zero-order valence-corrected chi connectivity index (χ0v) is 32.6. The Hall–Kier alpha value is -6.53. The van der Waals surface area contributed by atoms with E-state index in [2.05, 4.69) is 159 Å². The summed E-state index contributed by atoms with van der Waals surface area (Å²) in [5, 5.41) is 11.5. The number of nitrogens with zero attached hydrogens (tertiary/aromatic N) is 3. The van der Waals surface area contributed by atoms with Crippen LogP contribution < -0.4 is 0 Å². The molecule has 5 heteroatoms. The van der Waals surface area contributed by atoms with Crippen LogP contribution in [0.1, 0.15) is 34.8 Å². The van der Waals surface area contributed by atoms with Crippen molar-refractivity contribution < 1.29 is 0 Å². The summed E-state index contributed by atoms with van der Waals surface area (Å²) in [6, 6.07) is 56.9. The molecule has 12 rings (SSSR count). The standard InChI is InChI=1S/C52H33N3S2/c1-30-34(41-29-42-35-15-6-5-12-31(35)22-24-38(42)36-16-7-8-17-37(36)41)25-27-47-48(30)49-40(19-11-21-46(49)57-47)52-54-50(32-13-3-2-4-14-32)53-51(55-52)33-23-26-45-43(28-33)39-18-9-10-20-44(39)56-45/h2-30,34H,1H3. The molecule has 3 aromatic heterocycles. The number of rotatable bonds is 4. The Balaban J connectivity index is 1.05. The summed E-state index contributed by atoms with van der Waals surface area (Å²) in [7, 11) is 0. The van der Waals surface area contributed by atoms with Gasteiger partial charge in [-0.15, -0.1) is 22.7 Å². The number of allylic oxidation sites excluding steroid dienone is 1. The van der Waals surface area contributed by atoms with Gasteiger partial charge in [0.2, 0.25) is 0 Å². The van der Waals surface area contributed by atoms with Gasteiger partial charge in [0.15, 0.2) is 17.5 Å². The Morgan fingerprint density at radius 1 is 0.456 bits per heavy atom. The predicted octanol–water partition coefficient (Wildman–Crippen LogP) is 14.8. The van der Waals surface area contributed by atoms with Gasteiger partial charge in [0.05, 0.1) is 0 Å². The fraction of sp³-hybridized carbons (Fsp3) is 0.0577. The summed E-state index contributed by atoms with van der Waals surface area (Å²) < 4.78 is 3.79. The number of hydrogen-bond donors (Lipinski definition) is 0. The van der Waals surface area contributed by atoms with Crippen LogP contribution in [0, 0.1) is 0 Å². The minimum absolute atomic E-state index is 0.178. The molecule has 3 nitrogen and oxygen atoms in total. The first-order valence-corrected chi connectivity index (χ1v) is 21.1. The minimum atomic E-state index is 0.178. The molecule has 0 bridgehead atoms. The maximum atomic E-state index is 5.32. The third-order valence-corrected chi connectivity index (χ3v) is 14.2. The third kappa shape index (κ3) is 5.13. The number of thiophene rings is 2. The van der Waals surface area contributed by atoms with Crippen LogP contribution in [0.15, 0.2) is 164 Å². The fourth-order valence-corrected chi connectivity index (χ4v) is 11.6. The van der Waals surface area contributed by atoms with E-state index in [0.29, 0.717) is 17.5 Å². The van der Waals surface area contributed by atoms with Gasteiger partial charge in [-0.2, -0.15) is 0 Å². The molecule has 11 aromatic rings. The molecule has 0 spiro atoms. The van der Waals surface area contributed by atoms with Crippen LogP contribution in [0.4, 0.5) is 0 Å². The van der Waals surface area contributed by atoms with Gasteiger partial charge < -0.3 is 0 Å². The maximum Gasteiger partial charge on any atom is 0.164 e. The van der Waals surface area contributed by atoms with Crippen LogP contribution in [0.25, 0.3) is 103 Å². The molecular weight excluding hydrogens is 731 g/mol. The van der Waals surface area contributed by atoms with Gasteiger partial charge in [0.1, 0.15) is 0 Å². The van der Waals surface area contributed by atoms with Gasteiger partial charge in [-0.05, 0) is 91.8 Å². The molecule has 268 valence electrons. The van der Waals surface area contributed by atoms with E-state index >= 15 is 0 Å². The molecule has 0 saturated carbocycles. The second kappa shape index (κ2) is 12.8. The molecule has 2 unspecified atom stereocenters. The first kappa shape index (κ1) is 32.7. The van der Waals surface area contributed by atoms with Gasteiger partial charge in [0, 0.05) is 57.7 Å². The first-order valence-electron chi connectivity index (χ1n) is 19.5. The van der Waals surface area contributed by atoms with Crippen molar-refractivity contribution in [1.29, 1.82) is 0 Å². The van der Waals surface area contributed by atoms with Gasteiger partial charge >= 0.3 is 0 Å². The molecule has 2 atom stereocenters. The average Bonchev–Trinajstić information content (AvgIpc) is 3.85. The number of fused-ring (bicyclic) bond motifs is 11. The molecule has 1 aliphatic rings. The van der Waals surface area contributed by atoms with E-state index in [4.69, 9.17) is 15.0 Å². The van der Waals surface area contributed by atoms with E-state index in [-0.39, 0.29) is 11.8 Å². The van der Waals surface area contributed by atoms with E-state index < -0.39 is 0 Å². The molecule has 0 N–H and O–H groups in total. The largest absolute Gasteiger partial charge is 0.208 e. The zero-order valence-electron chi connectivity index (χ0n) is 31.0. The molecule has 1 aliphatic carbocycles. The lowest BCUT2D eigenvalue weighted by atomic mass is 9.76. The van der Waals surface area contributed by atoms with Crippen molar-refractivity contribution in [2.24, 2.45) is 0 Å². The molecule has 3 heterocycles. The molecule has 0 radical (unpaired) electrons. The highest BCUT2D eigenvalue weighted by atomic mass is 32.1. The molecule has 8 aromatic carbocycles. The summed E-state index contributed by atoms with van der Waals surface area (Å²) in [4.78, 5) is 17.0. The molecule has 0 aliphatic heterocycles. The highest BCUT2D eigenvalue weighted by Gasteiger charge is 2.31. The SMILES string of the molecule is CC1c2c(sc3cccc(-c4nc(-c5ccccc5)nc(-c5ccc6sc7ccccc7c6c5)n4)c23)C=CC1c1cc2c3ccccc3ccc2c2ccccc12. The number of hydrogen-bond acceptors (Lipinski definition) is 5. The van der Waals surface area contributed by atoms with Gasteiger partial charge in [0.25, 0.3) is 0 Å². The van der Waals surface area contributed by atoms with Crippen molar-refractivity contribution in [3.63, 3.8) is 0 Å². The fourth-order valence-electron chi connectivity index (χ4n) is 9.23. The van der Waals surface area contributed by atoms with E-state index in [1.165, 1.54) is 78.6 Å². The van der Waals surface area contributed by atoms with E-state index in [9.17, 15) is 0 Å². The quantitative estimate of drug-likeness (QED) is 0.168. The predicted molar refractivity (Wildman–Crippen MR) is 244 cm³/mol. The van der Waals surface area contributed by atoms with Crippen LogP contribution in [0.5, 0.6) is 0 Å². The summed E-state index contributed by atoms with van der Waals surface area (Å²) in [5.74, 6) is 2.43. The van der Waals surface area contributed by atoms with Crippen LogP contribution >= 0.6 is 22.7 Å². The van der Waals surface area contributed by atoms with Crippen molar-refractivity contribution in [2.45, 2.75) is 18.8 Å². The minimum Gasteiger partial charge on any atom is -0.208 e. The zero-order chi connectivity index (χ0) is 37.6. The van der Waals surface area contributed by atoms with Crippen LogP contribution in [-0.4, -0.2) is 15.0 Å². The third-order valence-electron chi connectivity index (χ3n) is 11.9. The smallest absolute Gasteiger partial charge is 0.164 e. The monoisotopic (exact) mass is 763 g/mol. The highest BCUT2D eigenvalue weighted by molar-refractivity contribution is 7.25. The van der Waals surface area contributed by atoms with Gasteiger partial charge in [-0.3, -0.25) is 0 Å². The van der Waals surface area contributed by atoms with Crippen molar-refractivity contribution >= 4 is 91.3 Å². The van der Waals surface area contributed by atoms with Crippen LogP contribution in [0.2, 0.25) is 0 Å². The lowest BCUT2D eigenvalue weighted by Gasteiger charge is -2.28. The number of benzene rings is 8. The van der Waals surface area contributed by atoms with Crippen molar-refractivity contribution in [2.75, 3.05) is 0 Å². The molecule has 0 amide bonds. The topological polar surface area (TPSA) is 38.7 Å². The van der Waals surface area contributed by atoms with Crippen molar-refractivity contribution in [3.05, 3.63) is 180 Å². The number of aromatic nitrogens is 3. The van der Waals surface area contributed by atoms with E-state index in [1.807, 2.05) is 40.9 Å². The first-order chi connectivity index (χ1) is 28.2. The Kier molecular flexibility index (Phi) is 7.31. The summed E-state index contributed by atoms with van der Waals surface area (Å²) in [6.07, 6.45) is 4.81. The Labute approximate surface area is 337 Å². The maximum absolute atomic E-state index is 5.32. The van der Waals surface area contributed by atoms with Gasteiger partial charge in [-0.1, -0.05) is 134 Å². The average molecular weight is 764 g/mol. The van der Waals surface area contributed by atoms with Crippen LogP contribution in [0.3, 0.4) is 0 Å². The second-order valence-electron chi connectivity index (χ2n) is 15.1. The lowest BCUT2D eigenvalue weighted by molar-refractivity contribution is 0.682. The Bertz CT molecular complexity index is 3450. The van der Waals surface area contributed by atoms with Gasteiger partial charge in [-0.25, -0.2) is 15.0 Å². The molecule has 0 fully saturated rings. The summed E-state index contributed by atoms with van der Waals surface area (Å²) in [5.41, 5.74) is 5.73. The van der Waals surface area contributed by atoms with E-state index in [1.54, 1.807) is 0 Å². The van der Waals surface area contributed by atoms with E-state index in [0.717, 1.165) is 16.7 Å². The highest BCUT2D eigenvalue weighted by Crippen LogP contribution is 2.51. The molecule has 0 saturated heterocycles. The Morgan fingerprint density at radius 3 is 2.02 bits per heavy atom. The second-order valence-corrected chi connectivity index (χ2v) is 17.3. The molecular formula is C52H33N3S2. The van der Waals surface area contributed by atoms with Crippen molar-refractivity contribution in [3.8, 4) is 34.2 Å². The summed E-state index contributed by atoms with van der Waals surface area (Å²) >= 11 is 3.69.